The molecule has 3 aromatic rings. The van der Waals surface area contributed by atoms with E-state index in [4.69, 9.17) is 21.7 Å². The molecule has 2 aliphatic rings. The SMILES string of the molecule is COc1ccc(-n2c(C)ccc2[C@@H]2[C@@H](c3ccccn3)NC(=S)N2CCN2CCOCC2)cc1. The molecule has 0 amide bonds. The molecular weight excluding hydrogens is 446 g/mol. The van der Waals surface area contributed by atoms with Crippen molar-refractivity contribution in [3.05, 3.63) is 77.9 Å². The van der Waals surface area contributed by atoms with Crippen LogP contribution in [0.4, 0.5) is 0 Å². The average molecular weight is 478 g/mol. The van der Waals surface area contributed by atoms with E-state index in [1.807, 2.05) is 30.5 Å². The van der Waals surface area contributed by atoms with Crippen molar-refractivity contribution in [2.24, 2.45) is 0 Å². The maximum atomic E-state index is 5.88. The summed E-state index contributed by atoms with van der Waals surface area (Å²) in [5.41, 5.74) is 4.45. The van der Waals surface area contributed by atoms with Gasteiger partial charge in [0.15, 0.2) is 5.11 Å². The number of aryl methyl sites for hydroxylation is 1. The summed E-state index contributed by atoms with van der Waals surface area (Å²) >= 11 is 5.88. The summed E-state index contributed by atoms with van der Waals surface area (Å²) in [5.74, 6) is 0.845. The second-order valence-corrected chi connectivity index (χ2v) is 9.09. The first-order valence-corrected chi connectivity index (χ1v) is 12.2. The number of rotatable bonds is 7. The fourth-order valence-corrected chi connectivity index (χ4v) is 5.25. The van der Waals surface area contributed by atoms with Gasteiger partial charge < -0.3 is 24.3 Å². The highest BCUT2D eigenvalue weighted by molar-refractivity contribution is 7.80. The number of hydrogen-bond donors (Lipinski definition) is 1. The minimum atomic E-state index is -0.0373. The Bertz CT molecular complexity index is 1110. The third-order valence-electron chi connectivity index (χ3n) is 6.70. The van der Waals surface area contributed by atoms with E-state index in [1.54, 1.807) is 7.11 Å². The number of nitrogens with zero attached hydrogens (tertiary/aromatic N) is 4. The molecule has 0 aliphatic carbocycles. The first-order chi connectivity index (χ1) is 16.7. The molecule has 34 heavy (non-hydrogen) atoms. The van der Waals surface area contributed by atoms with Gasteiger partial charge in [0.05, 0.1) is 38.1 Å². The number of nitrogens with one attached hydrogen (secondary N) is 1. The Morgan fingerprint density at radius 3 is 2.56 bits per heavy atom. The maximum absolute atomic E-state index is 5.88. The predicted molar refractivity (Wildman–Crippen MR) is 136 cm³/mol. The summed E-state index contributed by atoms with van der Waals surface area (Å²) in [5, 5.41) is 4.35. The molecule has 0 spiro atoms. The molecule has 0 bridgehead atoms. The number of aromatic nitrogens is 2. The maximum Gasteiger partial charge on any atom is 0.170 e. The smallest absolute Gasteiger partial charge is 0.170 e. The quantitative estimate of drug-likeness (QED) is 0.523. The van der Waals surface area contributed by atoms with Crippen molar-refractivity contribution in [3.8, 4) is 11.4 Å². The highest BCUT2D eigenvalue weighted by atomic mass is 32.1. The third-order valence-corrected chi connectivity index (χ3v) is 7.05. The summed E-state index contributed by atoms with van der Waals surface area (Å²) in [6.45, 7) is 7.44. The van der Waals surface area contributed by atoms with Crippen LogP contribution >= 0.6 is 12.2 Å². The van der Waals surface area contributed by atoms with Gasteiger partial charge in [0.2, 0.25) is 0 Å². The highest BCUT2D eigenvalue weighted by Crippen LogP contribution is 2.40. The molecule has 5 rings (SSSR count). The zero-order valence-corrected chi connectivity index (χ0v) is 20.5. The lowest BCUT2D eigenvalue weighted by Crippen LogP contribution is -2.42. The highest BCUT2D eigenvalue weighted by Gasteiger charge is 2.41. The monoisotopic (exact) mass is 477 g/mol. The van der Waals surface area contributed by atoms with E-state index in [0.29, 0.717) is 0 Å². The Morgan fingerprint density at radius 1 is 1.06 bits per heavy atom. The van der Waals surface area contributed by atoms with Crippen molar-refractivity contribution in [2.45, 2.75) is 19.0 Å². The van der Waals surface area contributed by atoms with E-state index in [1.165, 1.54) is 11.4 Å². The number of pyridine rings is 1. The van der Waals surface area contributed by atoms with Crippen molar-refractivity contribution in [3.63, 3.8) is 0 Å². The zero-order valence-electron chi connectivity index (χ0n) is 19.7. The largest absolute Gasteiger partial charge is 0.497 e. The molecule has 7 nitrogen and oxygen atoms in total. The number of methoxy groups -OCH3 is 1. The van der Waals surface area contributed by atoms with Gasteiger partial charge in [0, 0.05) is 49.5 Å². The summed E-state index contributed by atoms with van der Waals surface area (Å²) in [6, 6.07) is 18.6. The van der Waals surface area contributed by atoms with Crippen molar-refractivity contribution in [1.29, 1.82) is 0 Å². The molecule has 2 fully saturated rings. The molecular formula is C26H31N5O2S. The molecule has 2 saturated heterocycles. The van der Waals surface area contributed by atoms with Gasteiger partial charge in [-0.25, -0.2) is 0 Å². The number of hydrogen-bond acceptors (Lipinski definition) is 5. The van der Waals surface area contributed by atoms with Gasteiger partial charge in [-0.15, -0.1) is 0 Å². The molecule has 8 heteroatoms. The first kappa shape index (κ1) is 22.8. The fourth-order valence-electron chi connectivity index (χ4n) is 4.92. The van der Waals surface area contributed by atoms with Crippen LogP contribution in [0.1, 0.15) is 29.2 Å². The Morgan fingerprint density at radius 2 is 1.85 bits per heavy atom. The fraction of sp³-hybridized carbons (Fsp3) is 0.385. The molecule has 4 heterocycles. The van der Waals surface area contributed by atoms with Crippen LogP contribution in [-0.4, -0.2) is 71.0 Å². The normalized spacial score (nSPS) is 21.0. The molecule has 0 radical (unpaired) electrons. The topological polar surface area (TPSA) is 54.8 Å². The second-order valence-electron chi connectivity index (χ2n) is 8.71. The van der Waals surface area contributed by atoms with E-state index in [2.05, 4.69) is 61.9 Å². The van der Waals surface area contributed by atoms with Gasteiger partial charge in [0.25, 0.3) is 0 Å². The predicted octanol–water partition coefficient (Wildman–Crippen LogP) is 3.49. The van der Waals surface area contributed by atoms with Crippen LogP contribution in [0.25, 0.3) is 5.69 Å². The molecule has 0 unspecified atom stereocenters. The van der Waals surface area contributed by atoms with E-state index < -0.39 is 0 Å². The van der Waals surface area contributed by atoms with Crippen molar-refractivity contribution in [1.82, 2.24) is 24.7 Å². The molecule has 1 N–H and O–H groups in total. The third kappa shape index (κ3) is 4.53. The molecule has 1 aromatic carbocycles. The van der Waals surface area contributed by atoms with Gasteiger partial charge in [0.1, 0.15) is 5.75 Å². The number of morpholine rings is 1. The lowest BCUT2D eigenvalue weighted by Gasteiger charge is -2.32. The van der Waals surface area contributed by atoms with Crippen molar-refractivity contribution < 1.29 is 9.47 Å². The van der Waals surface area contributed by atoms with Crippen LogP contribution in [0.5, 0.6) is 5.75 Å². The van der Waals surface area contributed by atoms with Gasteiger partial charge in [-0.2, -0.15) is 0 Å². The molecule has 2 atom stereocenters. The summed E-state index contributed by atoms with van der Waals surface area (Å²) in [4.78, 5) is 9.47. The van der Waals surface area contributed by atoms with Gasteiger partial charge in [-0.05, 0) is 67.7 Å². The number of ether oxygens (including phenoxy) is 2. The van der Waals surface area contributed by atoms with Crippen LogP contribution in [-0.2, 0) is 4.74 Å². The first-order valence-electron chi connectivity index (χ1n) is 11.8. The summed E-state index contributed by atoms with van der Waals surface area (Å²) in [7, 11) is 1.69. The van der Waals surface area contributed by atoms with E-state index in [-0.39, 0.29) is 12.1 Å². The van der Waals surface area contributed by atoms with Crippen LogP contribution < -0.4 is 10.1 Å². The second kappa shape index (κ2) is 10.1. The minimum absolute atomic E-state index is 0.0132. The molecule has 0 saturated carbocycles. The number of thiocarbonyl (C=S) groups is 1. The van der Waals surface area contributed by atoms with Crippen LogP contribution in [0.2, 0.25) is 0 Å². The Labute approximate surface area is 206 Å². The summed E-state index contributed by atoms with van der Waals surface area (Å²) in [6.07, 6.45) is 1.85. The zero-order chi connectivity index (χ0) is 23.5. The van der Waals surface area contributed by atoms with E-state index in [9.17, 15) is 0 Å². The summed E-state index contributed by atoms with van der Waals surface area (Å²) < 4.78 is 13.2. The van der Waals surface area contributed by atoms with Gasteiger partial charge >= 0.3 is 0 Å². The Kier molecular flexibility index (Phi) is 6.80. The number of benzene rings is 1. The van der Waals surface area contributed by atoms with E-state index >= 15 is 0 Å². The van der Waals surface area contributed by atoms with E-state index in [0.717, 1.165) is 61.6 Å². The lowest BCUT2D eigenvalue weighted by molar-refractivity contribution is 0.0349. The standard InChI is InChI=1S/C26H31N5O2S/c1-19-6-11-23(31(19)20-7-9-21(32-2)10-8-20)25-24(22-5-3-4-12-27-22)28-26(34)30(25)14-13-29-15-17-33-18-16-29/h3-12,24-25H,13-18H2,1-2H3,(H,28,34)/t24-,25-/m1/s1. The molecule has 178 valence electrons. The van der Waals surface area contributed by atoms with Crippen molar-refractivity contribution >= 4 is 17.3 Å². The van der Waals surface area contributed by atoms with Crippen LogP contribution in [0.15, 0.2) is 60.8 Å². The Hall–Kier alpha value is -2.94. The van der Waals surface area contributed by atoms with Crippen LogP contribution in [0, 0.1) is 6.92 Å². The average Bonchev–Trinajstić information content (AvgIpc) is 3.42. The minimum Gasteiger partial charge on any atom is -0.497 e. The van der Waals surface area contributed by atoms with Crippen molar-refractivity contribution in [2.75, 3.05) is 46.5 Å². The van der Waals surface area contributed by atoms with Gasteiger partial charge in [-0.3, -0.25) is 9.88 Å². The Balaban J connectivity index is 1.52. The van der Waals surface area contributed by atoms with Gasteiger partial charge in [-0.1, -0.05) is 6.07 Å². The van der Waals surface area contributed by atoms with Crippen LogP contribution in [0.3, 0.4) is 0 Å². The molecule has 2 aromatic heterocycles. The molecule has 2 aliphatic heterocycles. The lowest BCUT2D eigenvalue weighted by atomic mass is 10.0.